The van der Waals surface area contributed by atoms with E-state index in [-0.39, 0.29) is 11.6 Å². The number of fused-ring (bicyclic) bond motifs is 1. The van der Waals surface area contributed by atoms with E-state index >= 15 is 0 Å². The van der Waals surface area contributed by atoms with Crippen molar-refractivity contribution >= 4 is 27.5 Å². The standard InChI is InChI=1S/C13H11BrO2/c1-2-3-8-6-12(15)10-5-4-9(14)7-11(10)13(8)16/h4-7H,2-3H2,1H3. The van der Waals surface area contributed by atoms with E-state index in [4.69, 9.17) is 0 Å². The normalized spacial score (nSPS) is 14.8. The van der Waals surface area contributed by atoms with Crippen LogP contribution in [-0.2, 0) is 0 Å². The van der Waals surface area contributed by atoms with E-state index in [9.17, 15) is 9.59 Å². The molecule has 2 nitrogen and oxygen atoms in total. The van der Waals surface area contributed by atoms with E-state index in [1.165, 1.54) is 6.08 Å². The molecule has 0 N–H and O–H groups in total. The van der Waals surface area contributed by atoms with Crippen molar-refractivity contribution in [2.45, 2.75) is 19.8 Å². The van der Waals surface area contributed by atoms with Gasteiger partial charge in [0.2, 0.25) is 0 Å². The second-order valence-corrected chi connectivity index (χ2v) is 4.72. The third kappa shape index (κ3) is 1.87. The Labute approximate surface area is 102 Å². The largest absolute Gasteiger partial charge is 0.289 e. The van der Waals surface area contributed by atoms with Crippen LogP contribution < -0.4 is 0 Å². The van der Waals surface area contributed by atoms with Crippen molar-refractivity contribution in [2.24, 2.45) is 0 Å². The van der Waals surface area contributed by atoms with Crippen LogP contribution in [0.15, 0.2) is 34.3 Å². The fourth-order valence-corrected chi connectivity index (χ4v) is 2.21. The van der Waals surface area contributed by atoms with Crippen molar-refractivity contribution < 1.29 is 9.59 Å². The van der Waals surface area contributed by atoms with Crippen molar-refractivity contribution in [3.8, 4) is 0 Å². The number of rotatable bonds is 2. The third-order valence-electron chi connectivity index (χ3n) is 2.61. The number of carbonyl (C=O) groups excluding carboxylic acids is 2. The first-order valence-electron chi connectivity index (χ1n) is 5.22. The number of ketones is 2. The second kappa shape index (κ2) is 4.34. The van der Waals surface area contributed by atoms with E-state index in [0.29, 0.717) is 23.1 Å². The summed E-state index contributed by atoms with van der Waals surface area (Å²) in [4.78, 5) is 23.8. The number of carbonyl (C=O) groups is 2. The molecular weight excluding hydrogens is 268 g/mol. The Hall–Kier alpha value is -1.22. The average molecular weight is 279 g/mol. The zero-order chi connectivity index (χ0) is 11.7. The van der Waals surface area contributed by atoms with Crippen LogP contribution in [0.1, 0.15) is 40.5 Å². The molecule has 0 unspecified atom stereocenters. The summed E-state index contributed by atoms with van der Waals surface area (Å²) < 4.78 is 0.824. The smallest absolute Gasteiger partial charge is 0.189 e. The van der Waals surface area contributed by atoms with Gasteiger partial charge in [-0.3, -0.25) is 9.59 Å². The fraction of sp³-hybridized carbons (Fsp3) is 0.231. The highest BCUT2D eigenvalue weighted by molar-refractivity contribution is 9.10. The summed E-state index contributed by atoms with van der Waals surface area (Å²) in [6, 6.07) is 5.19. The number of benzene rings is 1. The van der Waals surface area contributed by atoms with E-state index in [1.54, 1.807) is 18.2 Å². The fourth-order valence-electron chi connectivity index (χ4n) is 1.85. The van der Waals surface area contributed by atoms with Crippen molar-refractivity contribution in [1.29, 1.82) is 0 Å². The Balaban J connectivity index is 2.52. The van der Waals surface area contributed by atoms with E-state index in [0.717, 1.165) is 10.9 Å². The molecule has 0 bridgehead atoms. The zero-order valence-corrected chi connectivity index (χ0v) is 10.5. The van der Waals surface area contributed by atoms with Crippen LogP contribution in [0.3, 0.4) is 0 Å². The lowest BCUT2D eigenvalue weighted by Crippen LogP contribution is -2.16. The maximum Gasteiger partial charge on any atom is 0.189 e. The van der Waals surface area contributed by atoms with Gasteiger partial charge in [-0.15, -0.1) is 0 Å². The van der Waals surface area contributed by atoms with Crippen LogP contribution in [0.2, 0.25) is 0 Å². The number of allylic oxidation sites excluding steroid dienone is 2. The molecule has 0 aliphatic heterocycles. The first-order chi connectivity index (χ1) is 7.63. The molecule has 0 saturated heterocycles. The van der Waals surface area contributed by atoms with Gasteiger partial charge in [-0.1, -0.05) is 29.3 Å². The lowest BCUT2D eigenvalue weighted by molar-refractivity contribution is 0.0981. The van der Waals surface area contributed by atoms with Gasteiger partial charge in [-0.05, 0) is 30.7 Å². The number of hydrogen-bond donors (Lipinski definition) is 0. The minimum atomic E-state index is -0.0643. The van der Waals surface area contributed by atoms with Crippen molar-refractivity contribution in [3.63, 3.8) is 0 Å². The predicted octanol–water partition coefficient (Wildman–Crippen LogP) is 3.55. The van der Waals surface area contributed by atoms with E-state index < -0.39 is 0 Å². The molecular formula is C13H11BrO2. The Morgan fingerprint density at radius 3 is 2.62 bits per heavy atom. The maximum absolute atomic E-state index is 12.1. The number of hydrogen-bond acceptors (Lipinski definition) is 2. The summed E-state index contributed by atoms with van der Waals surface area (Å²) >= 11 is 3.31. The van der Waals surface area contributed by atoms with Gasteiger partial charge in [0.1, 0.15) is 0 Å². The van der Waals surface area contributed by atoms with Gasteiger partial charge < -0.3 is 0 Å². The van der Waals surface area contributed by atoms with Gasteiger partial charge in [0.15, 0.2) is 11.6 Å². The summed E-state index contributed by atoms with van der Waals surface area (Å²) in [5.41, 5.74) is 1.65. The minimum absolute atomic E-state index is 0.0160. The second-order valence-electron chi connectivity index (χ2n) is 3.80. The lowest BCUT2D eigenvalue weighted by atomic mass is 9.88. The zero-order valence-electron chi connectivity index (χ0n) is 8.92. The Kier molecular flexibility index (Phi) is 3.06. The molecule has 0 saturated carbocycles. The summed E-state index contributed by atoms with van der Waals surface area (Å²) in [7, 11) is 0. The molecule has 1 aromatic carbocycles. The lowest BCUT2D eigenvalue weighted by Gasteiger charge is -2.14. The molecule has 0 atom stereocenters. The molecule has 3 heteroatoms. The van der Waals surface area contributed by atoms with Gasteiger partial charge in [0.05, 0.1) is 0 Å². The first kappa shape index (κ1) is 11.3. The summed E-state index contributed by atoms with van der Waals surface area (Å²) in [5, 5.41) is 0. The summed E-state index contributed by atoms with van der Waals surface area (Å²) in [5.74, 6) is -0.0803. The summed E-state index contributed by atoms with van der Waals surface area (Å²) in [6.45, 7) is 2.00. The molecule has 0 spiro atoms. The Morgan fingerprint density at radius 1 is 1.19 bits per heavy atom. The highest BCUT2D eigenvalue weighted by Gasteiger charge is 2.24. The molecule has 1 aliphatic carbocycles. The first-order valence-corrected chi connectivity index (χ1v) is 6.02. The quantitative estimate of drug-likeness (QED) is 0.829. The minimum Gasteiger partial charge on any atom is -0.289 e. The van der Waals surface area contributed by atoms with Crippen LogP contribution >= 0.6 is 15.9 Å². The molecule has 0 radical (unpaired) electrons. The number of Topliss-reactive ketones (excluding diaryl/α,β-unsaturated/α-hetero) is 1. The number of halogens is 1. The summed E-state index contributed by atoms with van der Waals surface area (Å²) in [6.07, 6.45) is 3.01. The van der Waals surface area contributed by atoms with Gasteiger partial charge in [0.25, 0.3) is 0 Å². The van der Waals surface area contributed by atoms with E-state index in [1.807, 2.05) is 6.92 Å². The van der Waals surface area contributed by atoms with Crippen LogP contribution in [0.5, 0.6) is 0 Å². The Bertz CT molecular complexity index is 501. The molecule has 1 aliphatic rings. The van der Waals surface area contributed by atoms with Gasteiger partial charge >= 0.3 is 0 Å². The molecule has 2 rings (SSSR count). The Morgan fingerprint density at radius 2 is 1.94 bits per heavy atom. The molecule has 82 valence electrons. The molecule has 0 heterocycles. The highest BCUT2D eigenvalue weighted by atomic mass is 79.9. The third-order valence-corrected chi connectivity index (χ3v) is 3.10. The highest BCUT2D eigenvalue weighted by Crippen LogP contribution is 2.26. The van der Waals surface area contributed by atoms with Crippen molar-refractivity contribution in [3.05, 3.63) is 45.4 Å². The van der Waals surface area contributed by atoms with Crippen LogP contribution in [0.25, 0.3) is 0 Å². The molecule has 1 aromatic rings. The van der Waals surface area contributed by atoms with Crippen LogP contribution in [0.4, 0.5) is 0 Å². The molecule has 0 fully saturated rings. The van der Waals surface area contributed by atoms with Crippen LogP contribution in [0, 0.1) is 0 Å². The van der Waals surface area contributed by atoms with E-state index in [2.05, 4.69) is 15.9 Å². The van der Waals surface area contributed by atoms with Crippen molar-refractivity contribution in [2.75, 3.05) is 0 Å². The monoisotopic (exact) mass is 278 g/mol. The molecule has 16 heavy (non-hydrogen) atoms. The van der Waals surface area contributed by atoms with Crippen LogP contribution in [-0.4, -0.2) is 11.6 Å². The van der Waals surface area contributed by atoms with Gasteiger partial charge in [0, 0.05) is 21.2 Å². The average Bonchev–Trinajstić information content (AvgIpc) is 2.25. The molecule has 0 aromatic heterocycles. The van der Waals surface area contributed by atoms with Crippen molar-refractivity contribution in [1.82, 2.24) is 0 Å². The SMILES string of the molecule is CCCC1=CC(=O)c2ccc(Br)cc2C1=O. The maximum atomic E-state index is 12.1. The predicted molar refractivity (Wildman–Crippen MR) is 65.8 cm³/mol. The molecule has 0 amide bonds. The van der Waals surface area contributed by atoms with Gasteiger partial charge in [-0.2, -0.15) is 0 Å². The van der Waals surface area contributed by atoms with Gasteiger partial charge in [-0.25, -0.2) is 0 Å². The topological polar surface area (TPSA) is 34.1 Å².